The Morgan fingerprint density at radius 3 is 1.71 bits per heavy atom. The Labute approximate surface area is 243 Å². The molecule has 0 saturated heterocycles. The number of methoxy groups -OCH3 is 2. The standard InChI is InChI=1S/C34H29N5O3/c1-40-31-21-19-28(23-32(31)41-2)42-30-20-18-27(35)22-29(30)33-36-38-39(37-33)34(24-12-6-3-7-13-24,25-14-8-4-9-15-25)26-16-10-5-11-17-26/h3-23H,35H2,1-2H3. The normalized spacial score (nSPS) is 11.2. The lowest BCUT2D eigenvalue weighted by Gasteiger charge is -2.34. The number of ether oxygens (including phenoxy) is 3. The summed E-state index contributed by atoms with van der Waals surface area (Å²) in [5.41, 5.74) is 9.43. The summed E-state index contributed by atoms with van der Waals surface area (Å²) in [5, 5.41) is 14.2. The highest BCUT2D eigenvalue weighted by Gasteiger charge is 2.41. The summed E-state index contributed by atoms with van der Waals surface area (Å²) >= 11 is 0. The summed E-state index contributed by atoms with van der Waals surface area (Å²) in [5.74, 6) is 2.59. The maximum Gasteiger partial charge on any atom is 0.208 e. The van der Waals surface area contributed by atoms with Gasteiger partial charge in [0.2, 0.25) is 5.82 Å². The number of hydrogen-bond donors (Lipinski definition) is 1. The van der Waals surface area contributed by atoms with Crippen LogP contribution in [0.1, 0.15) is 16.7 Å². The zero-order valence-electron chi connectivity index (χ0n) is 23.2. The summed E-state index contributed by atoms with van der Waals surface area (Å²) < 4.78 is 17.1. The lowest BCUT2D eigenvalue weighted by atomic mass is 9.77. The first kappa shape index (κ1) is 26.6. The van der Waals surface area contributed by atoms with Gasteiger partial charge in [-0.1, -0.05) is 91.0 Å². The van der Waals surface area contributed by atoms with Gasteiger partial charge in [-0.15, -0.1) is 15.0 Å². The minimum atomic E-state index is -0.903. The average Bonchev–Trinajstić information content (AvgIpc) is 3.54. The van der Waals surface area contributed by atoms with E-state index in [0.717, 1.165) is 16.7 Å². The lowest BCUT2D eigenvalue weighted by Crippen LogP contribution is -2.39. The van der Waals surface area contributed by atoms with Crippen LogP contribution in [0.3, 0.4) is 0 Å². The largest absolute Gasteiger partial charge is 0.493 e. The fourth-order valence-electron chi connectivity index (χ4n) is 5.17. The molecule has 0 aliphatic rings. The van der Waals surface area contributed by atoms with E-state index in [-0.39, 0.29) is 0 Å². The number of anilines is 1. The first-order chi connectivity index (χ1) is 20.6. The van der Waals surface area contributed by atoms with Crippen molar-refractivity contribution in [3.8, 4) is 34.4 Å². The van der Waals surface area contributed by atoms with Crippen LogP contribution in [0.5, 0.6) is 23.0 Å². The second-order valence-corrected chi connectivity index (χ2v) is 9.59. The molecule has 42 heavy (non-hydrogen) atoms. The topological polar surface area (TPSA) is 97.3 Å². The molecular weight excluding hydrogens is 526 g/mol. The van der Waals surface area contributed by atoms with E-state index in [4.69, 9.17) is 25.0 Å². The molecule has 0 aliphatic carbocycles. The number of nitrogens with zero attached hydrogens (tertiary/aromatic N) is 4. The molecule has 1 heterocycles. The van der Waals surface area contributed by atoms with Gasteiger partial charge in [0.25, 0.3) is 0 Å². The van der Waals surface area contributed by atoms with Gasteiger partial charge in [0.15, 0.2) is 17.0 Å². The third kappa shape index (κ3) is 4.79. The highest BCUT2D eigenvalue weighted by molar-refractivity contribution is 5.69. The van der Waals surface area contributed by atoms with Crippen LogP contribution in [0.2, 0.25) is 0 Å². The van der Waals surface area contributed by atoms with Gasteiger partial charge in [-0.25, -0.2) is 0 Å². The summed E-state index contributed by atoms with van der Waals surface area (Å²) in [7, 11) is 3.17. The van der Waals surface area contributed by atoms with Crippen molar-refractivity contribution in [3.63, 3.8) is 0 Å². The maximum absolute atomic E-state index is 6.30. The second kappa shape index (κ2) is 11.5. The smallest absolute Gasteiger partial charge is 0.208 e. The third-order valence-electron chi connectivity index (χ3n) is 7.12. The number of rotatable bonds is 9. The molecule has 1 aromatic heterocycles. The minimum absolute atomic E-state index is 0.366. The Morgan fingerprint density at radius 1 is 0.619 bits per heavy atom. The van der Waals surface area contributed by atoms with E-state index >= 15 is 0 Å². The van der Waals surface area contributed by atoms with Crippen molar-refractivity contribution < 1.29 is 14.2 Å². The van der Waals surface area contributed by atoms with Crippen LogP contribution in [-0.4, -0.2) is 34.4 Å². The van der Waals surface area contributed by atoms with E-state index < -0.39 is 5.54 Å². The van der Waals surface area contributed by atoms with Crippen molar-refractivity contribution in [2.45, 2.75) is 5.54 Å². The van der Waals surface area contributed by atoms with Crippen LogP contribution in [0.25, 0.3) is 11.4 Å². The van der Waals surface area contributed by atoms with E-state index in [2.05, 4.69) is 46.7 Å². The van der Waals surface area contributed by atoms with Crippen LogP contribution in [0, 0.1) is 0 Å². The Balaban J connectivity index is 1.51. The first-order valence-electron chi connectivity index (χ1n) is 13.4. The fourth-order valence-corrected chi connectivity index (χ4v) is 5.17. The van der Waals surface area contributed by atoms with Gasteiger partial charge in [-0.05, 0) is 52.2 Å². The minimum Gasteiger partial charge on any atom is -0.493 e. The van der Waals surface area contributed by atoms with Crippen molar-refractivity contribution in [1.82, 2.24) is 20.2 Å². The Hall–Kier alpha value is -5.63. The summed E-state index contributed by atoms with van der Waals surface area (Å²) in [6.45, 7) is 0. The quantitative estimate of drug-likeness (QED) is 0.159. The number of hydrogen-bond acceptors (Lipinski definition) is 7. The molecule has 0 radical (unpaired) electrons. The van der Waals surface area contributed by atoms with Gasteiger partial charge < -0.3 is 19.9 Å². The van der Waals surface area contributed by atoms with Crippen LogP contribution in [0.4, 0.5) is 5.69 Å². The molecule has 0 atom stereocenters. The molecule has 6 aromatic rings. The molecule has 5 aromatic carbocycles. The molecule has 2 N–H and O–H groups in total. The molecule has 6 rings (SSSR count). The van der Waals surface area contributed by atoms with Crippen LogP contribution in [0.15, 0.2) is 127 Å². The van der Waals surface area contributed by atoms with Crippen molar-refractivity contribution in [2.75, 3.05) is 20.0 Å². The monoisotopic (exact) mass is 555 g/mol. The van der Waals surface area contributed by atoms with E-state index in [9.17, 15) is 0 Å². The van der Waals surface area contributed by atoms with E-state index in [0.29, 0.717) is 40.1 Å². The molecule has 0 saturated carbocycles. The Bertz CT molecular complexity index is 1690. The summed E-state index contributed by atoms with van der Waals surface area (Å²) in [6, 6.07) is 41.2. The van der Waals surface area contributed by atoms with Gasteiger partial charge in [0.05, 0.1) is 19.8 Å². The van der Waals surface area contributed by atoms with Crippen LogP contribution >= 0.6 is 0 Å². The van der Waals surface area contributed by atoms with Gasteiger partial charge in [-0.3, -0.25) is 0 Å². The van der Waals surface area contributed by atoms with Crippen molar-refractivity contribution in [2.24, 2.45) is 0 Å². The Morgan fingerprint density at radius 2 is 1.17 bits per heavy atom. The highest BCUT2D eigenvalue weighted by atomic mass is 16.5. The van der Waals surface area contributed by atoms with E-state index in [1.165, 1.54) is 0 Å². The molecule has 208 valence electrons. The van der Waals surface area contributed by atoms with Crippen molar-refractivity contribution in [3.05, 3.63) is 144 Å². The maximum atomic E-state index is 6.30. The molecule has 8 nitrogen and oxygen atoms in total. The molecular formula is C34H29N5O3. The van der Waals surface area contributed by atoms with Crippen molar-refractivity contribution in [1.29, 1.82) is 0 Å². The van der Waals surface area contributed by atoms with Gasteiger partial charge in [-0.2, -0.15) is 0 Å². The molecule has 0 aliphatic heterocycles. The zero-order chi connectivity index (χ0) is 28.9. The fraction of sp³-hybridized carbons (Fsp3) is 0.0882. The summed E-state index contributed by atoms with van der Waals surface area (Å²) in [4.78, 5) is 1.67. The number of tetrazole rings is 1. The number of benzene rings is 5. The summed E-state index contributed by atoms with van der Waals surface area (Å²) in [6.07, 6.45) is 0. The first-order valence-corrected chi connectivity index (χ1v) is 13.4. The van der Waals surface area contributed by atoms with E-state index in [1.54, 1.807) is 55.4 Å². The predicted octanol–water partition coefficient (Wildman–Crippen LogP) is 6.57. The number of nitrogens with two attached hydrogens (primary N) is 1. The lowest BCUT2D eigenvalue weighted by molar-refractivity contribution is 0.352. The SMILES string of the molecule is COc1ccc(Oc2ccc(N)cc2-c2nnn(C(c3ccccc3)(c3ccccc3)c3ccccc3)n2)cc1OC. The molecule has 0 bridgehead atoms. The number of aromatic nitrogens is 4. The van der Waals surface area contributed by atoms with Crippen LogP contribution < -0.4 is 19.9 Å². The molecule has 0 spiro atoms. The van der Waals surface area contributed by atoms with Crippen LogP contribution in [-0.2, 0) is 5.54 Å². The van der Waals surface area contributed by atoms with Gasteiger partial charge in [0, 0.05) is 11.8 Å². The van der Waals surface area contributed by atoms with Crippen molar-refractivity contribution >= 4 is 5.69 Å². The predicted molar refractivity (Wildman–Crippen MR) is 162 cm³/mol. The number of nitrogen functional groups attached to an aromatic ring is 1. The Kier molecular flexibility index (Phi) is 7.26. The average molecular weight is 556 g/mol. The highest BCUT2D eigenvalue weighted by Crippen LogP contribution is 2.41. The van der Waals surface area contributed by atoms with Gasteiger partial charge >= 0.3 is 0 Å². The van der Waals surface area contributed by atoms with E-state index in [1.807, 2.05) is 54.6 Å². The molecule has 0 fully saturated rings. The zero-order valence-corrected chi connectivity index (χ0v) is 23.2. The van der Waals surface area contributed by atoms with Gasteiger partial charge in [0.1, 0.15) is 11.5 Å². The molecule has 0 unspecified atom stereocenters. The second-order valence-electron chi connectivity index (χ2n) is 9.59. The molecule has 8 heteroatoms. The molecule has 0 amide bonds. The third-order valence-corrected chi connectivity index (χ3v) is 7.12.